The van der Waals surface area contributed by atoms with Crippen LogP contribution in [0, 0.1) is 13.8 Å². The lowest BCUT2D eigenvalue weighted by Crippen LogP contribution is -2.16. The maximum Gasteiger partial charge on any atom is 0.119 e. The fourth-order valence-corrected chi connectivity index (χ4v) is 2.62. The number of hydrogen-bond acceptors (Lipinski definition) is 3. The molecule has 0 aliphatic carbocycles. The van der Waals surface area contributed by atoms with Gasteiger partial charge in [-0.2, -0.15) is 0 Å². The second-order valence-electron chi connectivity index (χ2n) is 5.29. The number of ether oxygens (including phenoxy) is 1. The van der Waals surface area contributed by atoms with E-state index >= 15 is 0 Å². The van der Waals surface area contributed by atoms with Gasteiger partial charge in [0.25, 0.3) is 0 Å². The van der Waals surface area contributed by atoms with Gasteiger partial charge >= 0.3 is 0 Å². The number of aliphatic hydroxyl groups is 2. The molecule has 0 aromatic heterocycles. The zero-order valence-electron chi connectivity index (χ0n) is 12.4. The van der Waals surface area contributed by atoms with Crippen LogP contribution in [-0.4, -0.2) is 29.5 Å². The van der Waals surface area contributed by atoms with Gasteiger partial charge in [0.1, 0.15) is 5.75 Å². The van der Waals surface area contributed by atoms with Crippen LogP contribution in [0.25, 0.3) is 0 Å². The first kappa shape index (κ1) is 16.0. The predicted octanol–water partition coefficient (Wildman–Crippen LogP) is 2.94. The highest BCUT2D eigenvalue weighted by molar-refractivity contribution is 5.43. The van der Waals surface area contributed by atoms with E-state index in [0.717, 1.165) is 18.8 Å². The van der Waals surface area contributed by atoms with Gasteiger partial charge in [-0.15, -0.1) is 0 Å². The van der Waals surface area contributed by atoms with Crippen LogP contribution in [-0.2, 0) is 0 Å². The maximum absolute atomic E-state index is 9.57. The van der Waals surface area contributed by atoms with E-state index in [4.69, 9.17) is 9.84 Å². The number of aryl methyl sites for hydroxylation is 2. The van der Waals surface area contributed by atoms with Crippen LogP contribution in [0.2, 0.25) is 0 Å². The van der Waals surface area contributed by atoms with Crippen molar-refractivity contribution in [2.24, 2.45) is 0 Å². The molecule has 19 heavy (non-hydrogen) atoms. The molecular weight excluding hydrogens is 240 g/mol. The molecule has 108 valence electrons. The van der Waals surface area contributed by atoms with Crippen molar-refractivity contribution < 1.29 is 14.9 Å². The first-order valence-corrected chi connectivity index (χ1v) is 7.02. The summed E-state index contributed by atoms with van der Waals surface area (Å²) in [6.07, 6.45) is 0.927. The van der Waals surface area contributed by atoms with E-state index in [1.54, 1.807) is 0 Å². The second kappa shape index (κ2) is 7.51. The standard InChI is InChI=1S/C16H26O3/c1-5-6-19-15-8-12(3)16(13(4)9-15)11(2)7-14(18)10-17/h8-9,11,14,17-18H,5-7,10H2,1-4H3. The lowest BCUT2D eigenvalue weighted by atomic mass is 9.88. The van der Waals surface area contributed by atoms with Gasteiger partial charge in [-0.1, -0.05) is 13.8 Å². The molecule has 0 bridgehead atoms. The van der Waals surface area contributed by atoms with Crippen LogP contribution in [0.3, 0.4) is 0 Å². The Morgan fingerprint density at radius 3 is 2.26 bits per heavy atom. The highest BCUT2D eigenvalue weighted by Gasteiger charge is 2.16. The molecule has 0 aliphatic rings. The fourth-order valence-electron chi connectivity index (χ4n) is 2.62. The molecule has 2 unspecified atom stereocenters. The van der Waals surface area contributed by atoms with Crippen LogP contribution in [0.15, 0.2) is 12.1 Å². The Labute approximate surface area is 116 Å². The van der Waals surface area contributed by atoms with Crippen molar-refractivity contribution in [3.63, 3.8) is 0 Å². The molecule has 0 radical (unpaired) electrons. The average molecular weight is 266 g/mol. The molecule has 0 saturated carbocycles. The summed E-state index contributed by atoms with van der Waals surface area (Å²) in [4.78, 5) is 0. The molecule has 2 atom stereocenters. The molecule has 3 heteroatoms. The average Bonchev–Trinajstić information content (AvgIpc) is 2.35. The summed E-state index contributed by atoms with van der Waals surface area (Å²) in [5.41, 5.74) is 3.61. The van der Waals surface area contributed by atoms with Crippen LogP contribution in [0.5, 0.6) is 5.75 Å². The van der Waals surface area contributed by atoms with Crippen molar-refractivity contribution in [3.05, 3.63) is 28.8 Å². The van der Waals surface area contributed by atoms with Gasteiger partial charge in [0.05, 0.1) is 19.3 Å². The number of rotatable bonds is 7. The molecular formula is C16H26O3. The van der Waals surface area contributed by atoms with E-state index in [0.29, 0.717) is 6.42 Å². The summed E-state index contributed by atoms with van der Waals surface area (Å²) in [5.74, 6) is 1.14. The van der Waals surface area contributed by atoms with Crippen LogP contribution in [0.4, 0.5) is 0 Å². The molecule has 0 amide bonds. The van der Waals surface area contributed by atoms with Gasteiger partial charge in [0.2, 0.25) is 0 Å². The minimum atomic E-state index is -0.648. The highest BCUT2D eigenvalue weighted by Crippen LogP contribution is 2.30. The third kappa shape index (κ3) is 4.51. The van der Waals surface area contributed by atoms with Crippen molar-refractivity contribution >= 4 is 0 Å². The number of aliphatic hydroxyl groups excluding tert-OH is 2. The second-order valence-corrected chi connectivity index (χ2v) is 5.29. The van der Waals surface area contributed by atoms with Crippen molar-refractivity contribution in [1.82, 2.24) is 0 Å². The molecule has 1 rings (SSSR count). The van der Waals surface area contributed by atoms with Gasteiger partial charge in [-0.05, 0) is 61.4 Å². The molecule has 1 aromatic carbocycles. The molecule has 0 spiro atoms. The zero-order valence-corrected chi connectivity index (χ0v) is 12.4. The Bertz CT molecular complexity index is 378. The Hall–Kier alpha value is -1.06. The van der Waals surface area contributed by atoms with Crippen molar-refractivity contribution in [2.75, 3.05) is 13.2 Å². The third-order valence-corrected chi connectivity index (χ3v) is 3.37. The Morgan fingerprint density at radius 2 is 1.79 bits per heavy atom. The molecule has 2 N–H and O–H groups in total. The van der Waals surface area contributed by atoms with Gasteiger partial charge < -0.3 is 14.9 Å². The molecule has 0 aliphatic heterocycles. The van der Waals surface area contributed by atoms with Crippen LogP contribution in [0.1, 0.15) is 49.3 Å². The van der Waals surface area contributed by atoms with Gasteiger partial charge in [0.15, 0.2) is 0 Å². The molecule has 0 heterocycles. The van der Waals surface area contributed by atoms with E-state index in [1.165, 1.54) is 16.7 Å². The molecule has 1 aromatic rings. The smallest absolute Gasteiger partial charge is 0.119 e. The Balaban J connectivity index is 2.89. The SMILES string of the molecule is CCCOc1cc(C)c(C(C)CC(O)CO)c(C)c1. The van der Waals surface area contributed by atoms with Crippen molar-refractivity contribution in [1.29, 1.82) is 0 Å². The lowest BCUT2D eigenvalue weighted by Gasteiger charge is -2.21. The molecule has 0 fully saturated rings. The topological polar surface area (TPSA) is 49.7 Å². The zero-order chi connectivity index (χ0) is 14.4. The fraction of sp³-hybridized carbons (Fsp3) is 0.625. The Kier molecular flexibility index (Phi) is 6.32. The Morgan fingerprint density at radius 1 is 1.21 bits per heavy atom. The normalized spacial score (nSPS) is 14.2. The van der Waals surface area contributed by atoms with Crippen molar-refractivity contribution in [3.8, 4) is 5.75 Å². The summed E-state index contributed by atoms with van der Waals surface area (Å²) in [7, 11) is 0. The van der Waals surface area contributed by atoms with Gasteiger partial charge in [0, 0.05) is 0 Å². The molecule has 3 nitrogen and oxygen atoms in total. The third-order valence-electron chi connectivity index (χ3n) is 3.37. The van der Waals surface area contributed by atoms with E-state index in [1.807, 2.05) is 0 Å². The largest absolute Gasteiger partial charge is 0.494 e. The van der Waals surface area contributed by atoms with Crippen molar-refractivity contribution in [2.45, 2.75) is 52.6 Å². The number of hydrogen-bond donors (Lipinski definition) is 2. The summed E-state index contributed by atoms with van der Waals surface area (Å²) in [6, 6.07) is 4.11. The van der Waals surface area contributed by atoms with Crippen LogP contribution >= 0.6 is 0 Å². The van der Waals surface area contributed by atoms with Gasteiger partial charge in [-0.3, -0.25) is 0 Å². The summed E-state index contributed by atoms with van der Waals surface area (Å²) in [5, 5.41) is 18.5. The van der Waals surface area contributed by atoms with E-state index in [9.17, 15) is 5.11 Å². The van der Waals surface area contributed by atoms with E-state index in [2.05, 4.69) is 39.8 Å². The van der Waals surface area contributed by atoms with E-state index < -0.39 is 6.10 Å². The van der Waals surface area contributed by atoms with Gasteiger partial charge in [-0.25, -0.2) is 0 Å². The predicted molar refractivity (Wildman–Crippen MR) is 77.8 cm³/mol. The first-order chi connectivity index (χ1) is 8.99. The highest BCUT2D eigenvalue weighted by atomic mass is 16.5. The quantitative estimate of drug-likeness (QED) is 0.797. The molecule has 0 saturated heterocycles. The minimum absolute atomic E-state index is 0.180. The van der Waals surface area contributed by atoms with E-state index in [-0.39, 0.29) is 12.5 Å². The summed E-state index contributed by atoms with van der Waals surface area (Å²) >= 11 is 0. The first-order valence-electron chi connectivity index (χ1n) is 7.02. The minimum Gasteiger partial charge on any atom is -0.494 e. The maximum atomic E-state index is 9.57. The summed E-state index contributed by atoms with van der Waals surface area (Å²) in [6.45, 7) is 8.87. The number of benzene rings is 1. The summed E-state index contributed by atoms with van der Waals surface area (Å²) < 4.78 is 5.66. The monoisotopic (exact) mass is 266 g/mol. The van der Waals surface area contributed by atoms with Crippen LogP contribution < -0.4 is 4.74 Å². The lowest BCUT2D eigenvalue weighted by molar-refractivity contribution is 0.0834.